The molecule has 0 aliphatic carbocycles. The van der Waals surface area contributed by atoms with Crippen molar-refractivity contribution in [3.8, 4) is 11.3 Å². The number of aromatic nitrogens is 1. The number of hydrogen-bond acceptors (Lipinski definition) is 3. The summed E-state index contributed by atoms with van der Waals surface area (Å²) < 4.78 is 13.7. The third-order valence-electron chi connectivity index (χ3n) is 2.59. The maximum Gasteiger partial charge on any atom is 0.189 e. The SMILES string of the molecule is CC(C)(C)NC(N)=NCc1nc(-c2ccccc2F)cs1.I. The standard InChI is InChI=1S/C15H19FN4S.HI/c1-15(2,3)20-14(17)18-8-13-19-12(9-21-13)10-6-4-5-7-11(10)16;/h4-7,9H,8H2,1-3H3,(H3,17,18,20);1H. The van der Waals surface area contributed by atoms with Gasteiger partial charge in [-0.1, -0.05) is 12.1 Å². The lowest BCUT2D eigenvalue weighted by atomic mass is 10.1. The van der Waals surface area contributed by atoms with E-state index in [0.29, 0.717) is 23.8 Å². The molecule has 0 radical (unpaired) electrons. The van der Waals surface area contributed by atoms with Crippen molar-refractivity contribution < 1.29 is 4.39 Å². The Labute approximate surface area is 151 Å². The molecule has 0 unspecified atom stereocenters. The normalized spacial score (nSPS) is 11.9. The molecule has 0 amide bonds. The molecule has 1 heterocycles. The number of nitrogens with one attached hydrogen (secondary N) is 1. The molecule has 0 saturated carbocycles. The molecular formula is C15H20FIN4S. The molecule has 4 nitrogen and oxygen atoms in total. The molecule has 2 aromatic rings. The zero-order valence-corrected chi connectivity index (χ0v) is 15.9. The second-order valence-electron chi connectivity index (χ2n) is 5.68. The van der Waals surface area contributed by atoms with Gasteiger partial charge in [0.05, 0.1) is 12.2 Å². The van der Waals surface area contributed by atoms with Gasteiger partial charge in [-0.3, -0.25) is 0 Å². The first kappa shape index (κ1) is 18.8. The van der Waals surface area contributed by atoms with E-state index in [9.17, 15) is 4.39 Å². The largest absolute Gasteiger partial charge is 0.370 e. The minimum absolute atomic E-state index is 0. The highest BCUT2D eigenvalue weighted by Gasteiger charge is 2.11. The van der Waals surface area contributed by atoms with Crippen LogP contribution in [0.25, 0.3) is 11.3 Å². The third kappa shape index (κ3) is 5.53. The Hall–Kier alpha value is -1.22. The lowest BCUT2D eigenvalue weighted by Crippen LogP contribution is -2.44. The molecule has 0 fully saturated rings. The van der Waals surface area contributed by atoms with Gasteiger partial charge in [0.25, 0.3) is 0 Å². The highest BCUT2D eigenvalue weighted by molar-refractivity contribution is 14.0. The third-order valence-corrected chi connectivity index (χ3v) is 3.42. The second-order valence-corrected chi connectivity index (χ2v) is 6.63. The Morgan fingerprint density at radius 3 is 2.68 bits per heavy atom. The van der Waals surface area contributed by atoms with Crippen molar-refractivity contribution in [2.45, 2.75) is 32.9 Å². The molecule has 0 spiro atoms. The van der Waals surface area contributed by atoms with E-state index in [0.717, 1.165) is 5.01 Å². The van der Waals surface area contributed by atoms with Crippen molar-refractivity contribution in [2.75, 3.05) is 0 Å². The van der Waals surface area contributed by atoms with Crippen LogP contribution in [0.4, 0.5) is 4.39 Å². The number of nitrogens with two attached hydrogens (primary N) is 1. The fourth-order valence-corrected chi connectivity index (χ4v) is 2.47. The molecule has 0 aliphatic heterocycles. The van der Waals surface area contributed by atoms with Gasteiger partial charge in [-0.05, 0) is 32.9 Å². The van der Waals surface area contributed by atoms with Crippen LogP contribution in [0.3, 0.4) is 0 Å². The summed E-state index contributed by atoms with van der Waals surface area (Å²) in [4.78, 5) is 8.64. The molecular weight excluding hydrogens is 414 g/mol. The Morgan fingerprint density at radius 1 is 1.36 bits per heavy atom. The molecule has 22 heavy (non-hydrogen) atoms. The molecule has 1 aromatic carbocycles. The van der Waals surface area contributed by atoms with Gasteiger partial charge in [0.2, 0.25) is 0 Å². The number of nitrogens with zero attached hydrogens (tertiary/aromatic N) is 2. The maximum absolute atomic E-state index is 13.7. The van der Waals surface area contributed by atoms with E-state index in [1.807, 2.05) is 26.2 Å². The van der Waals surface area contributed by atoms with Crippen LogP contribution in [0, 0.1) is 5.82 Å². The molecule has 0 aliphatic rings. The first-order valence-electron chi connectivity index (χ1n) is 6.62. The van der Waals surface area contributed by atoms with Gasteiger partial charge in [-0.15, -0.1) is 35.3 Å². The molecule has 2 rings (SSSR count). The van der Waals surface area contributed by atoms with E-state index >= 15 is 0 Å². The average Bonchev–Trinajstić information content (AvgIpc) is 2.83. The Morgan fingerprint density at radius 2 is 2.05 bits per heavy atom. The smallest absolute Gasteiger partial charge is 0.189 e. The van der Waals surface area contributed by atoms with Crippen molar-refractivity contribution in [1.29, 1.82) is 0 Å². The summed E-state index contributed by atoms with van der Waals surface area (Å²) in [7, 11) is 0. The van der Waals surface area contributed by atoms with Crippen LogP contribution in [0.5, 0.6) is 0 Å². The zero-order chi connectivity index (χ0) is 15.5. The van der Waals surface area contributed by atoms with Crippen molar-refractivity contribution in [1.82, 2.24) is 10.3 Å². The van der Waals surface area contributed by atoms with Crippen molar-refractivity contribution in [3.63, 3.8) is 0 Å². The highest BCUT2D eigenvalue weighted by atomic mass is 127. The van der Waals surface area contributed by atoms with Gasteiger partial charge in [-0.25, -0.2) is 14.4 Å². The first-order valence-corrected chi connectivity index (χ1v) is 7.50. The Kier molecular flexibility index (Phi) is 6.73. The minimum Gasteiger partial charge on any atom is -0.370 e. The molecule has 3 N–H and O–H groups in total. The number of thiazole rings is 1. The van der Waals surface area contributed by atoms with Crippen LogP contribution < -0.4 is 11.1 Å². The number of hydrogen-bond donors (Lipinski definition) is 2. The van der Waals surface area contributed by atoms with E-state index in [4.69, 9.17) is 5.73 Å². The van der Waals surface area contributed by atoms with Gasteiger partial charge in [0.15, 0.2) is 5.96 Å². The van der Waals surface area contributed by atoms with Crippen molar-refractivity contribution in [2.24, 2.45) is 10.7 Å². The zero-order valence-electron chi connectivity index (χ0n) is 12.8. The quantitative estimate of drug-likeness (QED) is 0.439. The number of halogens is 2. The van der Waals surface area contributed by atoms with Crippen molar-refractivity contribution in [3.05, 3.63) is 40.5 Å². The van der Waals surface area contributed by atoms with E-state index in [1.165, 1.54) is 17.4 Å². The van der Waals surface area contributed by atoms with Gasteiger partial charge >= 0.3 is 0 Å². The number of guanidine groups is 1. The van der Waals surface area contributed by atoms with Gasteiger partial charge in [0, 0.05) is 16.5 Å². The monoisotopic (exact) mass is 434 g/mol. The summed E-state index contributed by atoms with van der Waals surface area (Å²) in [6.07, 6.45) is 0. The van der Waals surface area contributed by atoms with Crippen LogP contribution in [-0.4, -0.2) is 16.5 Å². The van der Waals surface area contributed by atoms with Crippen LogP contribution in [0.1, 0.15) is 25.8 Å². The van der Waals surface area contributed by atoms with E-state index in [1.54, 1.807) is 18.2 Å². The van der Waals surface area contributed by atoms with Gasteiger partial charge < -0.3 is 11.1 Å². The maximum atomic E-state index is 13.7. The minimum atomic E-state index is -0.272. The topological polar surface area (TPSA) is 63.3 Å². The van der Waals surface area contributed by atoms with Crippen LogP contribution in [-0.2, 0) is 6.54 Å². The molecule has 0 saturated heterocycles. The van der Waals surface area contributed by atoms with E-state index in [2.05, 4.69) is 15.3 Å². The van der Waals surface area contributed by atoms with Gasteiger partial charge in [-0.2, -0.15) is 0 Å². The number of rotatable bonds is 3. The summed E-state index contributed by atoms with van der Waals surface area (Å²) in [6, 6.07) is 6.60. The first-order chi connectivity index (χ1) is 9.85. The molecule has 0 bridgehead atoms. The lowest BCUT2D eigenvalue weighted by molar-refractivity contribution is 0.508. The summed E-state index contributed by atoms with van der Waals surface area (Å²) >= 11 is 1.44. The summed E-state index contributed by atoms with van der Waals surface area (Å²) in [6.45, 7) is 6.41. The van der Waals surface area contributed by atoms with Crippen LogP contribution in [0.15, 0.2) is 34.6 Å². The lowest BCUT2D eigenvalue weighted by Gasteiger charge is -2.20. The second kappa shape index (κ2) is 7.87. The molecule has 1 aromatic heterocycles. The Balaban J connectivity index is 0.00000242. The number of aliphatic imine (C=N–C) groups is 1. The molecule has 7 heteroatoms. The highest BCUT2D eigenvalue weighted by Crippen LogP contribution is 2.24. The van der Waals surface area contributed by atoms with Gasteiger partial charge in [0.1, 0.15) is 10.8 Å². The Bertz CT molecular complexity index is 649. The molecule has 120 valence electrons. The summed E-state index contributed by atoms with van der Waals surface area (Å²) in [5.41, 5.74) is 6.81. The predicted octanol–water partition coefficient (Wildman–Crippen LogP) is 3.77. The van der Waals surface area contributed by atoms with Crippen LogP contribution >= 0.6 is 35.3 Å². The van der Waals surface area contributed by atoms with Crippen LogP contribution in [0.2, 0.25) is 0 Å². The molecule has 0 atom stereocenters. The van der Waals surface area contributed by atoms with E-state index < -0.39 is 0 Å². The fourth-order valence-electron chi connectivity index (χ4n) is 1.75. The van der Waals surface area contributed by atoms with Crippen molar-refractivity contribution >= 4 is 41.3 Å². The van der Waals surface area contributed by atoms with E-state index in [-0.39, 0.29) is 35.3 Å². The number of benzene rings is 1. The predicted molar refractivity (Wildman–Crippen MR) is 101 cm³/mol. The summed E-state index contributed by atoms with van der Waals surface area (Å²) in [5, 5.41) is 5.71. The average molecular weight is 434 g/mol. The summed E-state index contributed by atoms with van der Waals surface area (Å²) in [5.74, 6) is 0.108. The fraction of sp³-hybridized carbons (Fsp3) is 0.333.